The van der Waals surface area contributed by atoms with Crippen LogP contribution in [0.2, 0.25) is 5.02 Å². The fourth-order valence-electron chi connectivity index (χ4n) is 1.78. The van der Waals surface area contributed by atoms with Gasteiger partial charge in [-0.1, -0.05) is 11.6 Å². The van der Waals surface area contributed by atoms with Gasteiger partial charge in [0.2, 0.25) is 0 Å². The van der Waals surface area contributed by atoms with Gasteiger partial charge in [0, 0.05) is 12.7 Å². The van der Waals surface area contributed by atoms with Crippen molar-refractivity contribution in [1.82, 2.24) is 4.98 Å². The van der Waals surface area contributed by atoms with Crippen molar-refractivity contribution < 1.29 is 9.59 Å². The van der Waals surface area contributed by atoms with Crippen molar-refractivity contribution in [3.63, 3.8) is 0 Å². The second kappa shape index (κ2) is 4.61. The predicted octanol–water partition coefficient (Wildman–Crippen LogP) is 1.33. The fourth-order valence-corrected chi connectivity index (χ4v) is 2.02. The van der Waals surface area contributed by atoms with Gasteiger partial charge in [0.05, 0.1) is 17.5 Å². The minimum absolute atomic E-state index is 0.0667. The van der Waals surface area contributed by atoms with E-state index in [2.05, 4.69) is 4.98 Å². The molecule has 84 valence electrons. The Morgan fingerprint density at radius 2 is 2.38 bits per heavy atom. The van der Waals surface area contributed by atoms with Crippen molar-refractivity contribution in [1.29, 1.82) is 0 Å². The molecule has 1 unspecified atom stereocenters. The smallest absolute Gasteiger partial charge is 0.162 e. The molecule has 0 N–H and O–H groups in total. The van der Waals surface area contributed by atoms with E-state index in [4.69, 9.17) is 11.6 Å². The maximum atomic E-state index is 11.6. The number of aldehydes is 1. The number of anilines is 1. The first-order chi connectivity index (χ1) is 7.72. The summed E-state index contributed by atoms with van der Waals surface area (Å²) in [5.41, 5.74) is 0. The zero-order valence-electron chi connectivity index (χ0n) is 8.60. The SMILES string of the molecule is O=CC1CCN(c2ncccc2Cl)CC1=O. The second-order valence-electron chi connectivity index (χ2n) is 3.73. The van der Waals surface area contributed by atoms with E-state index in [-0.39, 0.29) is 12.3 Å². The molecule has 2 rings (SSSR count). The van der Waals surface area contributed by atoms with E-state index in [9.17, 15) is 9.59 Å². The minimum atomic E-state index is -0.460. The van der Waals surface area contributed by atoms with Gasteiger partial charge in [-0.2, -0.15) is 0 Å². The molecule has 4 nitrogen and oxygen atoms in total. The lowest BCUT2D eigenvalue weighted by molar-refractivity contribution is -0.127. The Labute approximate surface area is 98.2 Å². The molecular weight excluding hydrogens is 228 g/mol. The van der Waals surface area contributed by atoms with Gasteiger partial charge in [-0.05, 0) is 18.6 Å². The van der Waals surface area contributed by atoms with Gasteiger partial charge in [0.25, 0.3) is 0 Å². The first-order valence-electron chi connectivity index (χ1n) is 5.06. The Balaban J connectivity index is 2.17. The maximum Gasteiger partial charge on any atom is 0.162 e. The van der Waals surface area contributed by atoms with E-state index in [1.807, 2.05) is 4.90 Å². The molecule has 1 aliphatic heterocycles. The number of rotatable bonds is 2. The Hall–Kier alpha value is -1.42. The van der Waals surface area contributed by atoms with Crippen LogP contribution in [0, 0.1) is 5.92 Å². The third kappa shape index (κ3) is 2.07. The summed E-state index contributed by atoms with van der Waals surface area (Å²) in [5, 5.41) is 0.528. The Kier molecular flexibility index (Phi) is 3.19. The molecule has 0 spiro atoms. The van der Waals surface area contributed by atoms with Crippen LogP contribution in [-0.4, -0.2) is 30.1 Å². The number of carbonyl (C=O) groups is 2. The van der Waals surface area contributed by atoms with Gasteiger partial charge in [0.1, 0.15) is 12.1 Å². The number of hydrogen-bond donors (Lipinski definition) is 0. The van der Waals surface area contributed by atoms with Gasteiger partial charge < -0.3 is 9.69 Å². The first kappa shape index (κ1) is 11.1. The van der Waals surface area contributed by atoms with E-state index in [0.717, 1.165) is 6.29 Å². The van der Waals surface area contributed by atoms with Crippen LogP contribution in [0.4, 0.5) is 5.82 Å². The van der Waals surface area contributed by atoms with Crippen molar-refractivity contribution >= 4 is 29.5 Å². The third-order valence-corrected chi connectivity index (χ3v) is 2.97. The van der Waals surface area contributed by atoms with Crippen LogP contribution in [0.3, 0.4) is 0 Å². The number of hydrogen-bond acceptors (Lipinski definition) is 4. The summed E-state index contributed by atoms with van der Waals surface area (Å²) in [7, 11) is 0. The molecule has 0 amide bonds. The number of ketones is 1. The fraction of sp³-hybridized carbons (Fsp3) is 0.364. The molecule has 1 aromatic rings. The van der Waals surface area contributed by atoms with Crippen molar-refractivity contribution in [3.8, 4) is 0 Å². The van der Waals surface area contributed by atoms with Crippen LogP contribution in [0.5, 0.6) is 0 Å². The summed E-state index contributed by atoms with van der Waals surface area (Å²) >= 11 is 5.99. The van der Waals surface area contributed by atoms with E-state index < -0.39 is 5.92 Å². The molecule has 1 fully saturated rings. The highest BCUT2D eigenvalue weighted by atomic mass is 35.5. The van der Waals surface area contributed by atoms with Crippen molar-refractivity contribution in [2.24, 2.45) is 5.92 Å². The summed E-state index contributed by atoms with van der Waals surface area (Å²) in [4.78, 5) is 28.1. The molecule has 1 aromatic heterocycles. The van der Waals surface area contributed by atoms with Gasteiger partial charge in [-0.15, -0.1) is 0 Å². The predicted molar refractivity (Wildman–Crippen MR) is 60.6 cm³/mol. The molecule has 1 saturated heterocycles. The van der Waals surface area contributed by atoms with E-state index >= 15 is 0 Å². The monoisotopic (exact) mass is 238 g/mol. The van der Waals surface area contributed by atoms with Crippen molar-refractivity contribution in [2.75, 3.05) is 18.0 Å². The number of aromatic nitrogens is 1. The largest absolute Gasteiger partial charge is 0.348 e. The van der Waals surface area contributed by atoms with Gasteiger partial charge in [-0.25, -0.2) is 4.98 Å². The summed E-state index contributed by atoms with van der Waals surface area (Å²) < 4.78 is 0. The summed E-state index contributed by atoms with van der Waals surface area (Å²) in [6, 6.07) is 3.48. The second-order valence-corrected chi connectivity index (χ2v) is 4.14. The number of halogens is 1. The standard InChI is InChI=1S/C11H11ClN2O2/c12-9-2-1-4-13-11(9)14-5-3-8(7-15)10(16)6-14/h1-2,4,7-8H,3,5-6H2. The average molecular weight is 239 g/mol. The highest BCUT2D eigenvalue weighted by molar-refractivity contribution is 6.33. The van der Waals surface area contributed by atoms with Crippen LogP contribution in [0.25, 0.3) is 0 Å². The zero-order chi connectivity index (χ0) is 11.5. The molecule has 0 aromatic carbocycles. The Morgan fingerprint density at radius 1 is 1.56 bits per heavy atom. The third-order valence-electron chi connectivity index (χ3n) is 2.67. The zero-order valence-corrected chi connectivity index (χ0v) is 9.35. The number of Topliss-reactive ketones (excluding diaryl/α,β-unsaturated/α-hetero) is 1. The van der Waals surface area contributed by atoms with Crippen molar-refractivity contribution in [3.05, 3.63) is 23.4 Å². The Morgan fingerprint density at radius 3 is 3.00 bits per heavy atom. The summed E-state index contributed by atoms with van der Waals surface area (Å²) in [5.74, 6) is 0.0866. The Bertz CT molecular complexity index is 422. The van der Waals surface area contributed by atoms with E-state index in [0.29, 0.717) is 23.8 Å². The molecule has 0 bridgehead atoms. The minimum Gasteiger partial charge on any atom is -0.348 e. The van der Waals surface area contributed by atoms with Crippen LogP contribution in [0.15, 0.2) is 18.3 Å². The van der Waals surface area contributed by atoms with Gasteiger partial charge >= 0.3 is 0 Å². The van der Waals surface area contributed by atoms with Crippen LogP contribution in [0.1, 0.15) is 6.42 Å². The maximum absolute atomic E-state index is 11.6. The number of pyridine rings is 1. The van der Waals surface area contributed by atoms with Crippen LogP contribution >= 0.6 is 11.6 Å². The van der Waals surface area contributed by atoms with Crippen LogP contribution < -0.4 is 4.90 Å². The number of nitrogens with zero attached hydrogens (tertiary/aromatic N) is 2. The molecule has 0 aliphatic carbocycles. The van der Waals surface area contributed by atoms with Gasteiger partial charge in [-0.3, -0.25) is 4.79 Å². The highest BCUT2D eigenvalue weighted by Gasteiger charge is 2.27. The van der Waals surface area contributed by atoms with Crippen LogP contribution in [-0.2, 0) is 9.59 Å². The van der Waals surface area contributed by atoms with Crippen molar-refractivity contribution in [2.45, 2.75) is 6.42 Å². The first-order valence-corrected chi connectivity index (χ1v) is 5.43. The molecular formula is C11H11ClN2O2. The van der Waals surface area contributed by atoms with E-state index in [1.54, 1.807) is 18.3 Å². The molecule has 1 aliphatic rings. The number of carbonyl (C=O) groups excluding carboxylic acids is 2. The molecule has 2 heterocycles. The summed E-state index contributed by atoms with van der Waals surface area (Å²) in [6.07, 6.45) is 2.90. The lowest BCUT2D eigenvalue weighted by Crippen LogP contribution is -2.42. The quantitative estimate of drug-likeness (QED) is 0.576. The molecule has 0 radical (unpaired) electrons. The molecule has 5 heteroatoms. The molecule has 1 atom stereocenters. The highest BCUT2D eigenvalue weighted by Crippen LogP contribution is 2.25. The average Bonchev–Trinajstić information content (AvgIpc) is 2.29. The molecule has 16 heavy (non-hydrogen) atoms. The topological polar surface area (TPSA) is 50.3 Å². The van der Waals surface area contributed by atoms with E-state index in [1.165, 1.54) is 0 Å². The lowest BCUT2D eigenvalue weighted by Gasteiger charge is -2.29. The van der Waals surface area contributed by atoms with Gasteiger partial charge in [0.15, 0.2) is 5.78 Å². The lowest BCUT2D eigenvalue weighted by atomic mass is 9.97. The number of piperidine rings is 1. The summed E-state index contributed by atoms with van der Waals surface area (Å²) in [6.45, 7) is 0.839. The normalized spacial score (nSPS) is 20.9. The molecule has 0 saturated carbocycles.